The minimum Gasteiger partial charge on any atom is -0.302 e. The third kappa shape index (κ3) is 2.93. The Labute approximate surface area is 171 Å². The third-order valence-electron chi connectivity index (χ3n) is 5.85. The van der Waals surface area contributed by atoms with Gasteiger partial charge in [-0.3, -0.25) is 4.79 Å². The zero-order valence-electron chi connectivity index (χ0n) is 16.4. The zero-order chi connectivity index (χ0) is 19.9. The molecule has 0 saturated carbocycles. The molecule has 0 N–H and O–H groups in total. The maximum atomic E-state index is 13.6. The van der Waals surface area contributed by atoms with E-state index in [9.17, 15) is 4.79 Å². The van der Waals surface area contributed by atoms with Gasteiger partial charge >= 0.3 is 0 Å². The number of nitrogens with zero attached hydrogens (tertiary/aromatic N) is 1. The van der Waals surface area contributed by atoms with Crippen molar-refractivity contribution in [2.75, 3.05) is 4.90 Å². The molecular formula is C25H24ClNO. The van der Waals surface area contributed by atoms with E-state index < -0.39 is 0 Å². The van der Waals surface area contributed by atoms with Crippen LogP contribution in [0.4, 0.5) is 5.69 Å². The highest BCUT2D eigenvalue weighted by molar-refractivity contribution is 6.34. The zero-order valence-corrected chi connectivity index (χ0v) is 17.2. The Morgan fingerprint density at radius 2 is 1.46 bits per heavy atom. The summed E-state index contributed by atoms with van der Waals surface area (Å²) in [6.07, 6.45) is 0.817. The molecule has 0 aliphatic carbocycles. The van der Waals surface area contributed by atoms with Crippen molar-refractivity contribution in [3.05, 3.63) is 101 Å². The van der Waals surface area contributed by atoms with Crippen LogP contribution < -0.4 is 4.90 Å². The fourth-order valence-corrected chi connectivity index (χ4v) is 4.92. The molecule has 0 aromatic heterocycles. The number of hydrogen-bond acceptors (Lipinski definition) is 1. The van der Waals surface area contributed by atoms with Gasteiger partial charge in [0.25, 0.3) is 5.91 Å². The number of anilines is 1. The minimum absolute atomic E-state index is 0.0573. The predicted molar refractivity (Wildman–Crippen MR) is 116 cm³/mol. The molecule has 0 fully saturated rings. The molecule has 1 aliphatic rings. The van der Waals surface area contributed by atoms with Gasteiger partial charge in [0.05, 0.1) is 10.6 Å². The first-order valence-electron chi connectivity index (χ1n) is 9.59. The summed E-state index contributed by atoms with van der Waals surface area (Å²) in [6, 6.07) is 26.1. The van der Waals surface area contributed by atoms with Crippen molar-refractivity contribution >= 4 is 23.2 Å². The molecule has 0 unspecified atom stereocenters. The van der Waals surface area contributed by atoms with Crippen LogP contribution in [-0.4, -0.2) is 11.4 Å². The van der Waals surface area contributed by atoms with Gasteiger partial charge in [0, 0.05) is 16.6 Å². The number of benzene rings is 3. The molecule has 142 valence electrons. The average Bonchev–Trinajstić information content (AvgIpc) is 2.68. The van der Waals surface area contributed by atoms with E-state index in [0.717, 1.165) is 12.1 Å². The van der Waals surface area contributed by atoms with Crippen LogP contribution >= 0.6 is 11.6 Å². The molecule has 0 spiro atoms. The van der Waals surface area contributed by atoms with Gasteiger partial charge in [-0.15, -0.1) is 0 Å². The van der Waals surface area contributed by atoms with Crippen molar-refractivity contribution in [1.29, 1.82) is 0 Å². The molecular weight excluding hydrogens is 366 g/mol. The fourth-order valence-electron chi connectivity index (χ4n) is 4.70. The first-order valence-corrected chi connectivity index (χ1v) is 9.96. The number of carbonyl (C=O) groups excluding carboxylic acids is 1. The molecule has 3 heteroatoms. The number of rotatable bonds is 2. The molecule has 1 atom stereocenters. The SMILES string of the molecule is CC1(C)C[C@@](C)(c2ccccc2)c2ccccc2N1C(=O)c1ccccc1Cl. The van der Waals surface area contributed by atoms with Crippen LogP contribution in [0, 0.1) is 0 Å². The standard InChI is InChI=1S/C25H24ClNO/c1-24(2)17-25(3,18-11-5-4-6-12-18)20-14-8-10-16-22(20)27(24)23(28)19-13-7-9-15-21(19)26/h4-16H,17H2,1-3H3/t25-/m0/s1. The summed E-state index contributed by atoms with van der Waals surface area (Å²) in [5, 5.41) is 0.483. The lowest BCUT2D eigenvalue weighted by molar-refractivity contribution is 0.0949. The second kappa shape index (κ2) is 6.79. The van der Waals surface area contributed by atoms with Crippen molar-refractivity contribution in [2.24, 2.45) is 0 Å². The summed E-state index contributed by atoms with van der Waals surface area (Å²) in [5.41, 5.74) is 3.36. The summed E-state index contributed by atoms with van der Waals surface area (Å²) >= 11 is 6.36. The van der Waals surface area contributed by atoms with Crippen molar-refractivity contribution in [1.82, 2.24) is 0 Å². The fraction of sp³-hybridized carbons (Fsp3) is 0.240. The largest absolute Gasteiger partial charge is 0.302 e. The van der Waals surface area contributed by atoms with Crippen LogP contribution in [0.25, 0.3) is 0 Å². The molecule has 3 aromatic carbocycles. The number of para-hydroxylation sites is 1. The van der Waals surface area contributed by atoms with Gasteiger partial charge in [0.15, 0.2) is 0 Å². The Bertz CT molecular complexity index is 1030. The second-order valence-corrected chi connectivity index (χ2v) is 8.73. The van der Waals surface area contributed by atoms with Crippen LogP contribution in [0.5, 0.6) is 0 Å². The van der Waals surface area contributed by atoms with Crippen molar-refractivity contribution < 1.29 is 4.79 Å². The van der Waals surface area contributed by atoms with Gasteiger partial charge in [-0.1, -0.05) is 79.2 Å². The van der Waals surface area contributed by atoms with Crippen LogP contribution in [0.3, 0.4) is 0 Å². The molecule has 0 radical (unpaired) electrons. The summed E-state index contributed by atoms with van der Waals surface area (Å²) < 4.78 is 0. The Balaban J connectivity index is 1.91. The molecule has 0 saturated heterocycles. The van der Waals surface area contributed by atoms with Crippen molar-refractivity contribution in [2.45, 2.75) is 38.1 Å². The quantitative estimate of drug-likeness (QED) is 0.491. The molecule has 2 nitrogen and oxygen atoms in total. The van der Waals surface area contributed by atoms with Gasteiger partial charge in [-0.2, -0.15) is 0 Å². The lowest BCUT2D eigenvalue weighted by atomic mass is 9.65. The van der Waals surface area contributed by atoms with E-state index in [0.29, 0.717) is 10.6 Å². The Kier molecular flexibility index (Phi) is 4.55. The Hall–Kier alpha value is -2.58. The normalized spacial score (nSPS) is 20.5. The summed E-state index contributed by atoms with van der Waals surface area (Å²) in [6.45, 7) is 6.55. The average molecular weight is 390 g/mol. The number of fused-ring (bicyclic) bond motifs is 1. The molecule has 0 bridgehead atoms. The van der Waals surface area contributed by atoms with Crippen molar-refractivity contribution in [3.63, 3.8) is 0 Å². The molecule has 1 amide bonds. The number of halogens is 1. The van der Waals surface area contributed by atoms with Crippen LogP contribution in [0.2, 0.25) is 5.02 Å². The highest BCUT2D eigenvalue weighted by Crippen LogP contribution is 2.50. The summed E-state index contributed by atoms with van der Waals surface area (Å²) in [5.74, 6) is -0.0573. The van der Waals surface area contributed by atoms with Crippen LogP contribution in [-0.2, 0) is 5.41 Å². The van der Waals surface area contributed by atoms with Gasteiger partial charge in [0.1, 0.15) is 0 Å². The lowest BCUT2D eigenvalue weighted by Crippen LogP contribution is -2.55. The summed E-state index contributed by atoms with van der Waals surface area (Å²) in [7, 11) is 0. The monoisotopic (exact) mass is 389 g/mol. The molecule has 1 heterocycles. The lowest BCUT2D eigenvalue weighted by Gasteiger charge is -2.51. The first-order chi connectivity index (χ1) is 13.3. The predicted octanol–water partition coefficient (Wildman–Crippen LogP) is 6.48. The highest BCUT2D eigenvalue weighted by atomic mass is 35.5. The summed E-state index contributed by atoms with van der Waals surface area (Å²) in [4.78, 5) is 15.5. The van der Waals surface area contributed by atoms with Crippen molar-refractivity contribution in [3.8, 4) is 0 Å². The van der Waals surface area contributed by atoms with E-state index in [-0.39, 0.29) is 16.9 Å². The molecule has 1 aliphatic heterocycles. The van der Waals surface area contributed by atoms with E-state index >= 15 is 0 Å². The van der Waals surface area contributed by atoms with E-state index in [4.69, 9.17) is 11.6 Å². The number of amides is 1. The van der Waals surface area contributed by atoms with Gasteiger partial charge in [0.2, 0.25) is 0 Å². The van der Waals surface area contributed by atoms with Crippen LogP contribution in [0.15, 0.2) is 78.9 Å². The smallest absolute Gasteiger partial charge is 0.260 e. The van der Waals surface area contributed by atoms with E-state index in [2.05, 4.69) is 57.2 Å². The van der Waals surface area contributed by atoms with E-state index in [1.807, 2.05) is 35.2 Å². The highest BCUT2D eigenvalue weighted by Gasteiger charge is 2.47. The second-order valence-electron chi connectivity index (χ2n) is 8.32. The van der Waals surface area contributed by atoms with Gasteiger partial charge < -0.3 is 4.90 Å². The Morgan fingerprint density at radius 3 is 2.18 bits per heavy atom. The minimum atomic E-state index is -0.380. The molecule has 3 aromatic rings. The molecule has 28 heavy (non-hydrogen) atoms. The maximum absolute atomic E-state index is 13.6. The first kappa shape index (κ1) is 18.8. The molecule has 4 rings (SSSR count). The maximum Gasteiger partial charge on any atom is 0.260 e. The Morgan fingerprint density at radius 1 is 0.857 bits per heavy atom. The topological polar surface area (TPSA) is 20.3 Å². The van der Waals surface area contributed by atoms with Crippen LogP contribution in [0.1, 0.15) is 48.7 Å². The van der Waals surface area contributed by atoms with Gasteiger partial charge in [-0.25, -0.2) is 0 Å². The van der Waals surface area contributed by atoms with Gasteiger partial charge in [-0.05, 0) is 49.6 Å². The van der Waals surface area contributed by atoms with E-state index in [1.54, 1.807) is 12.1 Å². The third-order valence-corrected chi connectivity index (χ3v) is 6.18. The number of hydrogen-bond donors (Lipinski definition) is 0. The van der Waals surface area contributed by atoms with E-state index in [1.165, 1.54) is 11.1 Å². The number of carbonyl (C=O) groups is 1.